The fraction of sp³-hybridized carbons (Fsp3) is 0. The molecule has 3 nitrogen and oxygen atoms in total. The number of rotatable bonds is 1. The smallest absolute Gasteiger partial charge is 0.169 e. The summed E-state index contributed by atoms with van der Waals surface area (Å²) >= 11 is 5.89. The van der Waals surface area contributed by atoms with Crippen molar-refractivity contribution in [2.24, 2.45) is 0 Å². The van der Waals surface area contributed by atoms with Crippen molar-refractivity contribution < 1.29 is 8.78 Å². The van der Waals surface area contributed by atoms with Crippen LogP contribution in [0.2, 0.25) is 5.02 Å². The summed E-state index contributed by atoms with van der Waals surface area (Å²) in [5.41, 5.74) is 6.25. The van der Waals surface area contributed by atoms with Crippen molar-refractivity contribution in [1.82, 2.24) is 9.97 Å². The molecule has 0 fully saturated rings. The Morgan fingerprint density at radius 3 is 2.65 bits per heavy atom. The molecule has 100 valence electrons. The molecule has 1 aromatic heterocycles. The molecule has 0 spiro atoms. The number of halogens is 3. The molecule has 0 amide bonds. The molecule has 0 atom stereocenters. The third-order valence-corrected chi connectivity index (χ3v) is 3.12. The van der Waals surface area contributed by atoms with Gasteiger partial charge in [0.05, 0.1) is 11.1 Å². The maximum atomic E-state index is 13.8. The van der Waals surface area contributed by atoms with Crippen LogP contribution in [-0.2, 0) is 0 Å². The molecule has 20 heavy (non-hydrogen) atoms. The van der Waals surface area contributed by atoms with Crippen LogP contribution in [0.3, 0.4) is 0 Å². The second kappa shape index (κ2) is 4.68. The molecule has 0 aliphatic rings. The third-order valence-electron chi connectivity index (χ3n) is 2.88. The van der Waals surface area contributed by atoms with E-state index in [-0.39, 0.29) is 17.2 Å². The maximum absolute atomic E-state index is 13.8. The van der Waals surface area contributed by atoms with Crippen molar-refractivity contribution >= 4 is 28.3 Å². The Kier molecular flexibility index (Phi) is 2.99. The first-order valence-corrected chi connectivity index (χ1v) is 6.11. The highest BCUT2D eigenvalue weighted by molar-refractivity contribution is 6.31. The van der Waals surface area contributed by atoms with Crippen molar-refractivity contribution in [2.45, 2.75) is 0 Å². The van der Waals surface area contributed by atoms with Gasteiger partial charge in [0, 0.05) is 10.4 Å². The van der Waals surface area contributed by atoms with E-state index in [1.54, 1.807) is 18.2 Å². The highest BCUT2D eigenvalue weighted by atomic mass is 35.5. The molecule has 3 rings (SSSR count). The van der Waals surface area contributed by atoms with Crippen molar-refractivity contribution in [3.63, 3.8) is 0 Å². The molecule has 0 unspecified atom stereocenters. The fourth-order valence-corrected chi connectivity index (χ4v) is 2.09. The Labute approximate surface area is 118 Å². The van der Waals surface area contributed by atoms with Gasteiger partial charge in [-0.3, -0.25) is 0 Å². The summed E-state index contributed by atoms with van der Waals surface area (Å²) in [6.07, 6.45) is 0. The largest absolute Gasteiger partial charge is 0.383 e. The summed E-state index contributed by atoms with van der Waals surface area (Å²) in [5, 5.41) is 1.08. The lowest BCUT2D eigenvalue weighted by Gasteiger charge is -2.07. The Balaban J connectivity index is 2.29. The normalized spacial score (nSPS) is 10.9. The number of aromatic nitrogens is 2. The molecule has 0 aliphatic heterocycles. The quantitative estimate of drug-likeness (QED) is 0.742. The monoisotopic (exact) mass is 291 g/mol. The molecule has 0 aliphatic carbocycles. The number of fused-ring (bicyclic) bond motifs is 1. The topological polar surface area (TPSA) is 51.8 Å². The molecule has 1 heterocycles. The van der Waals surface area contributed by atoms with Crippen LogP contribution in [0.5, 0.6) is 0 Å². The van der Waals surface area contributed by atoms with Gasteiger partial charge in [-0.2, -0.15) is 0 Å². The van der Waals surface area contributed by atoms with Crippen LogP contribution >= 0.6 is 11.6 Å². The average Bonchev–Trinajstić information content (AvgIpc) is 2.41. The van der Waals surface area contributed by atoms with Gasteiger partial charge in [-0.25, -0.2) is 18.7 Å². The van der Waals surface area contributed by atoms with E-state index < -0.39 is 11.6 Å². The van der Waals surface area contributed by atoms with Crippen molar-refractivity contribution in [1.29, 1.82) is 0 Å². The van der Waals surface area contributed by atoms with E-state index in [1.807, 2.05) is 0 Å². The van der Waals surface area contributed by atoms with Crippen LogP contribution in [-0.4, -0.2) is 9.97 Å². The molecule has 0 bridgehead atoms. The first-order valence-electron chi connectivity index (χ1n) is 5.73. The van der Waals surface area contributed by atoms with Crippen molar-refractivity contribution in [2.75, 3.05) is 5.73 Å². The number of hydrogen-bond donors (Lipinski definition) is 1. The lowest BCUT2D eigenvalue weighted by Crippen LogP contribution is -2.00. The Morgan fingerprint density at radius 2 is 1.85 bits per heavy atom. The first kappa shape index (κ1) is 12.7. The third kappa shape index (κ3) is 2.06. The fourth-order valence-electron chi connectivity index (χ4n) is 1.92. The Bertz CT molecular complexity index is 821. The molecule has 2 N–H and O–H groups in total. The van der Waals surface area contributed by atoms with Gasteiger partial charge in [0.25, 0.3) is 0 Å². The number of nitrogens with zero attached hydrogens (tertiary/aromatic N) is 2. The Hall–Kier alpha value is -2.27. The second-order valence-electron chi connectivity index (χ2n) is 4.20. The lowest BCUT2D eigenvalue weighted by atomic mass is 10.1. The highest BCUT2D eigenvalue weighted by Crippen LogP contribution is 2.27. The molecule has 3 aromatic rings. The highest BCUT2D eigenvalue weighted by Gasteiger charge is 2.14. The maximum Gasteiger partial charge on any atom is 0.169 e. The van der Waals surface area contributed by atoms with Gasteiger partial charge in [-0.05, 0) is 30.3 Å². The number of nitrogen functional groups attached to an aromatic ring is 1. The molecule has 0 radical (unpaired) electrons. The van der Waals surface area contributed by atoms with Crippen LogP contribution in [0.1, 0.15) is 0 Å². The molecular weight excluding hydrogens is 284 g/mol. The minimum absolute atomic E-state index is 0.0225. The summed E-state index contributed by atoms with van der Waals surface area (Å²) in [6.45, 7) is 0. The molecular formula is C14H8ClF2N3. The molecule has 0 saturated heterocycles. The number of anilines is 1. The summed E-state index contributed by atoms with van der Waals surface area (Å²) in [6, 6.07) is 8.74. The standard InChI is InChI=1S/C14H8ClF2N3/c15-7-4-5-8-11(6-7)19-14(20-13(8)18)9-2-1-3-10(16)12(9)17/h1-6H,(H2,18,19,20). The predicted octanol–water partition coefficient (Wildman–Crippen LogP) is 3.81. The zero-order chi connectivity index (χ0) is 14.3. The van der Waals surface area contributed by atoms with Crippen LogP contribution in [0, 0.1) is 11.6 Å². The second-order valence-corrected chi connectivity index (χ2v) is 4.63. The summed E-state index contributed by atoms with van der Waals surface area (Å²) < 4.78 is 27.0. The molecule has 0 saturated carbocycles. The van der Waals surface area contributed by atoms with Crippen molar-refractivity contribution in [3.05, 3.63) is 53.1 Å². The van der Waals surface area contributed by atoms with Crippen molar-refractivity contribution in [3.8, 4) is 11.4 Å². The summed E-state index contributed by atoms with van der Waals surface area (Å²) in [4.78, 5) is 8.21. The summed E-state index contributed by atoms with van der Waals surface area (Å²) in [5.74, 6) is -1.76. The van der Waals surface area contributed by atoms with E-state index in [0.717, 1.165) is 6.07 Å². The minimum Gasteiger partial charge on any atom is -0.383 e. The van der Waals surface area contributed by atoms with Gasteiger partial charge >= 0.3 is 0 Å². The van der Waals surface area contributed by atoms with Gasteiger partial charge in [0.15, 0.2) is 17.5 Å². The van der Waals surface area contributed by atoms with E-state index in [9.17, 15) is 8.78 Å². The average molecular weight is 292 g/mol. The molecule has 6 heteroatoms. The van der Waals surface area contributed by atoms with Gasteiger partial charge in [0.1, 0.15) is 5.82 Å². The van der Waals surface area contributed by atoms with E-state index in [4.69, 9.17) is 17.3 Å². The van der Waals surface area contributed by atoms with Crippen LogP contribution in [0.25, 0.3) is 22.3 Å². The zero-order valence-corrected chi connectivity index (χ0v) is 10.8. The number of hydrogen-bond acceptors (Lipinski definition) is 3. The van der Waals surface area contributed by atoms with Crippen LogP contribution in [0.4, 0.5) is 14.6 Å². The van der Waals surface area contributed by atoms with E-state index in [0.29, 0.717) is 15.9 Å². The van der Waals surface area contributed by atoms with Crippen LogP contribution in [0.15, 0.2) is 36.4 Å². The Morgan fingerprint density at radius 1 is 1.05 bits per heavy atom. The lowest BCUT2D eigenvalue weighted by molar-refractivity contribution is 0.510. The predicted molar refractivity (Wildman–Crippen MR) is 74.3 cm³/mol. The van der Waals surface area contributed by atoms with E-state index in [1.165, 1.54) is 12.1 Å². The molecule has 2 aromatic carbocycles. The van der Waals surface area contributed by atoms with Gasteiger partial charge < -0.3 is 5.73 Å². The van der Waals surface area contributed by atoms with Gasteiger partial charge in [0.2, 0.25) is 0 Å². The van der Waals surface area contributed by atoms with E-state index >= 15 is 0 Å². The summed E-state index contributed by atoms with van der Waals surface area (Å²) in [7, 11) is 0. The number of benzene rings is 2. The number of nitrogens with two attached hydrogens (primary N) is 1. The van der Waals surface area contributed by atoms with E-state index in [2.05, 4.69) is 9.97 Å². The first-order chi connectivity index (χ1) is 9.56. The minimum atomic E-state index is -1.01. The van der Waals surface area contributed by atoms with Crippen LogP contribution < -0.4 is 5.73 Å². The van der Waals surface area contributed by atoms with Gasteiger partial charge in [-0.15, -0.1) is 0 Å². The zero-order valence-electron chi connectivity index (χ0n) is 10.1. The van der Waals surface area contributed by atoms with Gasteiger partial charge in [-0.1, -0.05) is 17.7 Å². The SMILES string of the molecule is Nc1nc(-c2cccc(F)c2F)nc2cc(Cl)ccc12.